The molecule has 23 heavy (non-hydrogen) atoms. The molecule has 2 unspecified atom stereocenters. The van der Waals surface area contributed by atoms with E-state index >= 15 is 0 Å². The molecule has 2 atom stereocenters. The van der Waals surface area contributed by atoms with Gasteiger partial charge in [0.2, 0.25) is 0 Å². The largest absolute Gasteiger partial charge is 0.486 e. The Hall–Kier alpha value is -2.72. The number of aromatic nitrogens is 3. The van der Waals surface area contributed by atoms with Crippen molar-refractivity contribution in [1.82, 2.24) is 20.3 Å². The van der Waals surface area contributed by atoms with Crippen LogP contribution in [0.1, 0.15) is 12.1 Å². The Kier molecular flexibility index (Phi) is 3.32. The minimum atomic E-state index is -1.05. The van der Waals surface area contributed by atoms with Crippen molar-refractivity contribution in [3.05, 3.63) is 30.2 Å². The van der Waals surface area contributed by atoms with Crippen LogP contribution < -0.4 is 10.1 Å². The maximum Gasteiger partial charge on any atom is 0.149 e. The van der Waals surface area contributed by atoms with Gasteiger partial charge in [0.25, 0.3) is 0 Å². The van der Waals surface area contributed by atoms with Crippen molar-refractivity contribution in [2.45, 2.75) is 18.7 Å². The lowest BCUT2D eigenvalue weighted by Crippen LogP contribution is -2.44. The van der Waals surface area contributed by atoms with Crippen LogP contribution in [0, 0.1) is 11.3 Å². The predicted octanol–water partition coefficient (Wildman–Crippen LogP) is 2.06. The van der Waals surface area contributed by atoms with E-state index < -0.39 is 12.3 Å². The molecule has 0 spiro atoms. The Morgan fingerprint density at radius 3 is 3.13 bits per heavy atom. The van der Waals surface area contributed by atoms with Crippen molar-refractivity contribution < 1.29 is 9.13 Å². The Morgan fingerprint density at radius 2 is 2.30 bits per heavy atom. The normalized spacial score (nSPS) is 21.4. The van der Waals surface area contributed by atoms with Crippen LogP contribution in [-0.2, 0) is 0 Å². The molecule has 1 fully saturated rings. The summed E-state index contributed by atoms with van der Waals surface area (Å²) in [7, 11) is 0. The van der Waals surface area contributed by atoms with Gasteiger partial charge in [0.05, 0.1) is 17.1 Å². The van der Waals surface area contributed by atoms with Crippen molar-refractivity contribution in [3.63, 3.8) is 0 Å². The van der Waals surface area contributed by atoms with Crippen molar-refractivity contribution >= 4 is 21.9 Å². The number of aromatic amines is 1. The summed E-state index contributed by atoms with van der Waals surface area (Å²) in [5, 5.41) is 13.6. The highest BCUT2D eigenvalue weighted by atomic mass is 19.1. The molecule has 0 saturated carbocycles. The topological polar surface area (TPSA) is 86.6 Å². The Morgan fingerprint density at radius 1 is 1.39 bits per heavy atom. The molecule has 2 N–H and O–H groups in total. The van der Waals surface area contributed by atoms with Gasteiger partial charge in [-0.1, -0.05) is 0 Å². The number of fused-ring (bicyclic) bond motifs is 3. The fraction of sp³-hybridized carbons (Fsp3) is 0.312. The highest BCUT2D eigenvalue weighted by molar-refractivity contribution is 6.09. The SMILES string of the molecule is N#Cc1cc2c(cn1)[nH]c1nccc(OC3CCNCC3F)c12. The third kappa shape index (κ3) is 2.37. The van der Waals surface area contributed by atoms with Crippen molar-refractivity contribution in [2.24, 2.45) is 0 Å². The van der Waals surface area contributed by atoms with E-state index in [4.69, 9.17) is 10.00 Å². The number of nitrogens with one attached hydrogen (secondary N) is 2. The lowest BCUT2D eigenvalue weighted by atomic mass is 10.1. The lowest BCUT2D eigenvalue weighted by molar-refractivity contribution is 0.0744. The van der Waals surface area contributed by atoms with Gasteiger partial charge in [0.1, 0.15) is 35.4 Å². The maximum atomic E-state index is 14.0. The van der Waals surface area contributed by atoms with Gasteiger partial charge in [-0.05, 0) is 25.1 Å². The summed E-state index contributed by atoms with van der Waals surface area (Å²) < 4.78 is 20.0. The number of hydrogen-bond donors (Lipinski definition) is 2. The summed E-state index contributed by atoms with van der Waals surface area (Å²) in [5.41, 5.74) is 1.72. The Labute approximate surface area is 131 Å². The number of halogens is 1. The molecular formula is C16H14FN5O. The quantitative estimate of drug-likeness (QED) is 0.756. The first-order chi connectivity index (χ1) is 11.3. The summed E-state index contributed by atoms with van der Waals surface area (Å²) in [5.74, 6) is 0.575. The van der Waals surface area contributed by atoms with Crippen molar-refractivity contribution in [3.8, 4) is 11.8 Å². The number of ether oxygens (including phenoxy) is 1. The fourth-order valence-corrected chi connectivity index (χ4v) is 2.94. The zero-order chi connectivity index (χ0) is 15.8. The molecule has 0 aromatic carbocycles. The van der Waals surface area contributed by atoms with Gasteiger partial charge in [-0.2, -0.15) is 5.26 Å². The van der Waals surface area contributed by atoms with E-state index in [0.29, 0.717) is 30.1 Å². The number of hydrogen-bond acceptors (Lipinski definition) is 5. The summed E-state index contributed by atoms with van der Waals surface area (Å²) in [6, 6.07) is 5.45. The maximum absolute atomic E-state index is 14.0. The second-order valence-corrected chi connectivity index (χ2v) is 5.55. The summed E-state index contributed by atoms with van der Waals surface area (Å²) in [4.78, 5) is 11.5. The predicted molar refractivity (Wildman–Crippen MR) is 82.9 cm³/mol. The molecule has 3 aromatic heterocycles. The van der Waals surface area contributed by atoms with Gasteiger partial charge < -0.3 is 15.0 Å². The zero-order valence-corrected chi connectivity index (χ0v) is 12.2. The van der Waals surface area contributed by atoms with Gasteiger partial charge in [0.15, 0.2) is 0 Å². The first kappa shape index (κ1) is 13.9. The molecule has 0 amide bonds. The molecule has 6 nitrogen and oxygen atoms in total. The summed E-state index contributed by atoms with van der Waals surface area (Å²) in [6.45, 7) is 1.03. The van der Waals surface area contributed by atoms with E-state index in [1.54, 1.807) is 24.5 Å². The van der Waals surface area contributed by atoms with Crippen LogP contribution in [0.2, 0.25) is 0 Å². The van der Waals surface area contributed by atoms with Gasteiger partial charge in [-0.25, -0.2) is 14.4 Å². The average molecular weight is 311 g/mol. The standard InChI is InChI=1S/C16H14FN5O/c17-11-7-19-3-1-13(11)23-14-2-4-20-16-15(14)10-5-9(6-18)21-8-12(10)22-16/h2,4-5,8,11,13,19H,1,3,7H2,(H,20,22). The minimum absolute atomic E-state index is 0.301. The van der Waals surface area contributed by atoms with E-state index in [9.17, 15) is 4.39 Å². The third-order valence-electron chi connectivity index (χ3n) is 4.08. The van der Waals surface area contributed by atoms with Crippen LogP contribution >= 0.6 is 0 Å². The van der Waals surface area contributed by atoms with E-state index in [1.165, 1.54) is 0 Å². The Balaban J connectivity index is 1.84. The molecule has 1 aliphatic rings. The van der Waals surface area contributed by atoms with Crippen LogP contribution in [0.4, 0.5) is 4.39 Å². The van der Waals surface area contributed by atoms with Crippen LogP contribution in [0.15, 0.2) is 24.5 Å². The number of nitrogens with zero attached hydrogens (tertiary/aromatic N) is 3. The minimum Gasteiger partial charge on any atom is -0.486 e. The highest BCUT2D eigenvalue weighted by Gasteiger charge is 2.27. The smallest absolute Gasteiger partial charge is 0.149 e. The second-order valence-electron chi connectivity index (χ2n) is 5.55. The number of rotatable bonds is 2. The van der Waals surface area contributed by atoms with E-state index in [1.807, 2.05) is 6.07 Å². The number of H-pyrrole nitrogens is 1. The number of nitriles is 1. The van der Waals surface area contributed by atoms with E-state index in [0.717, 1.165) is 22.8 Å². The molecule has 4 rings (SSSR count). The molecule has 4 heterocycles. The lowest BCUT2D eigenvalue weighted by Gasteiger charge is -2.27. The van der Waals surface area contributed by atoms with E-state index in [-0.39, 0.29) is 0 Å². The van der Waals surface area contributed by atoms with Crippen LogP contribution in [-0.4, -0.2) is 40.3 Å². The van der Waals surface area contributed by atoms with Crippen LogP contribution in [0.25, 0.3) is 21.9 Å². The Bertz CT molecular complexity index is 916. The summed E-state index contributed by atoms with van der Waals surface area (Å²) >= 11 is 0. The highest BCUT2D eigenvalue weighted by Crippen LogP contribution is 2.33. The molecule has 116 valence electrons. The first-order valence-corrected chi connectivity index (χ1v) is 7.44. The molecule has 1 aliphatic heterocycles. The van der Waals surface area contributed by atoms with Gasteiger partial charge >= 0.3 is 0 Å². The monoisotopic (exact) mass is 311 g/mol. The molecule has 0 radical (unpaired) electrons. The first-order valence-electron chi connectivity index (χ1n) is 7.44. The molecule has 0 bridgehead atoms. The number of pyridine rings is 2. The fourth-order valence-electron chi connectivity index (χ4n) is 2.94. The molecule has 7 heteroatoms. The third-order valence-corrected chi connectivity index (χ3v) is 4.08. The van der Waals surface area contributed by atoms with Crippen molar-refractivity contribution in [2.75, 3.05) is 13.1 Å². The van der Waals surface area contributed by atoms with Crippen LogP contribution in [0.3, 0.4) is 0 Å². The zero-order valence-electron chi connectivity index (χ0n) is 12.2. The molecule has 3 aromatic rings. The van der Waals surface area contributed by atoms with Crippen LogP contribution in [0.5, 0.6) is 5.75 Å². The molecule has 1 saturated heterocycles. The summed E-state index contributed by atoms with van der Waals surface area (Å²) in [6.07, 6.45) is 2.30. The molecule has 0 aliphatic carbocycles. The van der Waals surface area contributed by atoms with Gasteiger partial charge in [0, 0.05) is 18.1 Å². The second kappa shape index (κ2) is 5.48. The van der Waals surface area contributed by atoms with Crippen molar-refractivity contribution in [1.29, 1.82) is 5.26 Å². The number of piperidine rings is 1. The van der Waals surface area contributed by atoms with Gasteiger partial charge in [-0.3, -0.25) is 0 Å². The van der Waals surface area contributed by atoms with Gasteiger partial charge in [-0.15, -0.1) is 0 Å². The average Bonchev–Trinajstić information content (AvgIpc) is 2.95. The van der Waals surface area contributed by atoms with E-state index in [2.05, 4.69) is 20.3 Å². The molecular weight excluding hydrogens is 297 g/mol. The number of alkyl halides is 1.